The van der Waals surface area contributed by atoms with Crippen molar-refractivity contribution < 1.29 is 9.72 Å². The second-order valence-corrected chi connectivity index (χ2v) is 4.67. The quantitative estimate of drug-likeness (QED) is 0.613. The van der Waals surface area contributed by atoms with Crippen molar-refractivity contribution in [1.82, 2.24) is 0 Å². The number of carbonyl (C=O) groups excluding carboxylic acids is 1. The molecule has 102 valence electrons. The van der Waals surface area contributed by atoms with Crippen molar-refractivity contribution in [2.45, 2.75) is 18.9 Å². The van der Waals surface area contributed by atoms with Gasteiger partial charge in [0.05, 0.1) is 16.2 Å². The molecule has 1 aliphatic rings. The summed E-state index contributed by atoms with van der Waals surface area (Å²) in [7, 11) is 0. The molecule has 1 unspecified atom stereocenters. The summed E-state index contributed by atoms with van der Waals surface area (Å²) < 4.78 is 0. The largest absolute Gasteiger partial charge is 0.369 e. The second kappa shape index (κ2) is 5.23. The first kappa shape index (κ1) is 13.3. The summed E-state index contributed by atoms with van der Waals surface area (Å²) in [6, 6.07) is 4.21. The number of amides is 1. The molecule has 7 nitrogen and oxygen atoms in total. The fraction of sp³-hybridized carbons (Fsp3) is 0.417. The number of piperidine rings is 1. The van der Waals surface area contributed by atoms with E-state index in [0.29, 0.717) is 12.2 Å². The van der Waals surface area contributed by atoms with Gasteiger partial charge in [-0.25, -0.2) is 0 Å². The SMILES string of the molecule is NC(=O)c1cc([N+](=O)[O-])ccc1N1CCCC(N)C1. The van der Waals surface area contributed by atoms with Crippen LogP contribution < -0.4 is 16.4 Å². The van der Waals surface area contributed by atoms with Crippen molar-refractivity contribution >= 4 is 17.3 Å². The number of nitrogens with zero attached hydrogens (tertiary/aromatic N) is 2. The molecule has 4 N–H and O–H groups in total. The molecule has 1 heterocycles. The van der Waals surface area contributed by atoms with Crippen LogP contribution in [0.1, 0.15) is 23.2 Å². The summed E-state index contributed by atoms with van der Waals surface area (Å²) in [4.78, 5) is 23.6. The molecular formula is C12H16N4O3. The Kier molecular flexibility index (Phi) is 3.66. The fourth-order valence-electron chi connectivity index (χ4n) is 2.34. The smallest absolute Gasteiger partial charge is 0.270 e. The van der Waals surface area contributed by atoms with Gasteiger partial charge in [-0.2, -0.15) is 0 Å². The van der Waals surface area contributed by atoms with Crippen LogP contribution in [0.2, 0.25) is 0 Å². The lowest BCUT2D eigenvalue weighted by molar-refractivity contribution is -0.384. The third kappa shape index (κ3) is 2.82. The number of carbonyl (C=O) groups is 1. The van der Waals surface area contributed by atoms with Gasteiger partial charge in [0.25, 0.3) is 11.6 Å². The van der Waals surface area contributed by atoms with Crippen LogP contribution in [0.3, 0.4) is 0 Å². The first-order chi connectivity index (χ1) is 8.99. The highest BCUT2D eigenvalue weighted by Gasteiger charge is 2.22. The van der Waals surface area contributed by atoms with Crippen LogP contribution in [-0.4, -0.2) is 30.0 Å². The zero-order valence-electron chi connectivity index (χ0n) is 10.4. The zero-order valence-corrected chi connectivity index (χ0v) is 10.4. The van der Waals surface area contributed by atoms with Crippen molar-refractivity contribution in [2.75, 3.05) is 18.0 Å². The van der Waals surface area contributed by atoms with Crippen molar-refractivity contribution in [1.29, 1.82) is 0 Å². The Labute approximate surface area is 110 Å². The van der Waals surface area contributed by atoms with Gasteiger partial charge in [-0.05, 0) is 18.9 Å². The van der Waals surface area contributed by atoms with Crippen molar-refractivity contribution in [3.05, 3.63) is 33.9 Å². The molecule has 1 saturated heterocycles. The molecule has 0 spiro atoms. The molecule has 1 aromatic carbocycles. The molecule has 0 radical (unpaired) electrons. The van der Waals surface area contributed by atoms with Gasteiger partial charge >= 0.3 is 0 Å². The maximum Gasteiger partial charge on any atom is 0.270 e. The van der Waals surface area contributed by atoms with Gasteiger partial charge in [-0.3, -0.25) is 14.9 Å². The summed E-state index contributed by atoms with van der Waals surface area (Å²) in [5, 5.41) is 10.7. The van der Waals surface area contributed by atoms with Gasteiger partial charge in [0.2, 0.25) is 0 Å². The van der Waals surface area contributed by atoms with Gasteiger partial charge < -0.3 is 16.4 Å². The van der Waals surface area contributed by atoms with E-state index in [2.05, 4.69) is 0 Å². The molecule has 0 aliphatic carbocycles. The molecule has 1 aromatic rings. The number of primary amides is 1. The number of anilines is 1. The third-order valence-corrected chi connectivity index (χ3v) is 3.25. The molecule has 1 fully saturated rings. The van der Waals surface area contributed by atoms with Gasteiger partial charge in [0.1, 0.15) is 0 Å². The number of nitro benzene ring substituents is 1. The average Bonchev–Trinajstić information content (AvgIpc) is 2.37. The van der Waals surface area contributed by atoms with Crippen LogP contribution in [0.5, 0.6) is 0 Å². The molecular weight excluding hydrogens is 248 g/mol. The third-order valence-electron chi connectivity index (χ3n) is 3.25. The number of hydrogen-bond acceptors (Lipinski definition) is 5. The summed E-state index contributed by atoms with van der Waals surface area (Å²) >= 11 is 0. The number of benzene rings is 1. The highest BCUT2D eigenvalue weighted by molar-refractivity contribution is 5.99. The van der Waals surface area contributed by atoms with Crippen LogP contribution in [0.15, 0.2) is 18.2 Å². The zero-order chi connectivity index (χ0) is 14.0. The topological polar surface area (TPSA) is 115 Å². The van der Waals surface area contributed by atoms with Crippen LogP contribution in [0.4, 0.5) is 11.4 Å². The minimum Gasteiger partial charge on any atom is -0.369 e. The lowest BCUT2D eigenvalue weighted by atomic mass is 10.0. The van der Waals surface area contributed by atoms with Gasteiger partial charge in [-0.15, -0.1) is 0 Å². The van der Waals surface area contributed by atoms with Crippen LogP contribution in [0, 0.1) is 10.1 Å². The Morgan fingerprint density at radius 2 is 2.21 bits per heavy atom. The highest BCUT2D eigenvalue weighted by Crippen LogP contribution is 2.27. The van der Waals surface area contributed by atoms with E-state index in [4.69, 9.17) is 11.5 Å². The van der Waals surface area contributed by atoms with Crippen molar-refractivity contribution in [3.8, 4) is 0 Å². The summed E-state index contributed by atoms with van der Waals surface area (Å²) in [5.74, 6) is -0.669. The number of non-ortho nitro benzene ring substituents is 1. The number of nitrogens with two attached hydrogens (primary N) is 2. The summed E-state index contributed by atoms with van der Waals surface area (Å²) in [5.41, 5.74) is 11.9. The second-order valence-electron chi connectivity index (χ2n) is 4.67. The highest BCUT2D eigenvalue weighted by atomic mass is 16.6. The predicted octanol–water partition coefficient (Wildman–Crippen LogP) is 0.621. The lowest BCUT2D eigenvalue weighted by Crippen LogP contribution is -2.43. The first-order valence-corrected chi connectivity index (χ1v) is 6.08. The fourth-order valence-corrected chi connectivity index (χ4v) is 2.34. The molecule has 0 saturated carbocycles. The van der Waals surface area contributed by atoms with E-state index in [-0.39, 0.29) is 17.3 Å². The van der Waals surface area contributed by atoms with Crippen molar-refractivity contribution in [2.24, 2.45) is 11.5 Å². The normalized spacial score (nSPS) is 19.2. The summed E-state index contributed by atoms with van der Waals surface area (Å²) in [6.07, 6.45) is 1.87. The Bertz CT molecular complexity index is 518. The number of nitro groups is 1. The molecule has 0 bridgehead atoms. The van der Waals surface area contributed by atoms with E-state index < -0.39 is 10.8 Å². The molecule has 1 aliphatic heterocycles. The Morgan fingerprint density at radius 1 is 1.47 bits per heavy atom. The van der Waals surface area contributed by atoms with E-state index in [9.17, 15) is 14.9 Å². The van der Waals surface area contributed by atoms with E-state index in [1.807, 2.05) is 4.90 Å². The average molecular weight is 264 g/mol. The standard InChI is InChI=1S/C12H16N4O3/c13-8-2-1-5-15(7-8)11-4-3-9(16(18)19)6-10(11)12(14)17/h3-4,6,8H,1-2,5,7,13H2,(H2,14,17). The predicted molar refractivity (Wildman–Crippen MR) is 71.0 cm³/mol. The van der Waals surface area contributed by atoms with Gasteiger partial charge in [0, 0.05) is 31.3 Å². The van der Waals surface area contributed by atoms with Crippen LogP contribution >= 0.6 is 0 Å². The van der Waals surface area contributed by atoms with Crippen LogP contribution in [0.25, 0.3) is 0 Å². The lowest BCUT2D eigenvalue weighted by Gasteiger charge is -2.33. The first-order valence-electron chi connectivity index (χ1n) is 6.08. The van der Waals surface area contributed by atoms with Crippen LogP contribution in [-0.2, 0) is 0 Å². The van der Waals surface area contributed by atoms with E-state index in [0.717, 1.165) is 19.4 Å². The maximum atomic E-state index is 11.5. The molecule has 1 atom stereocenters. The van der Waals surface area contributed by atoms with Gasteiger partial charge in [0.15, 0.2) is 0 Å². The molecule has 19 heavy (non-hydrogen) atoms. The van der Waals surface area contributed by atoms with Gasteiger partial charge in [-0.1, -0.05) is 0 Å². The molecule has 1 amide bonds. The maximum absolute atomic E-state index is 11.5. The monoisotopic (exact) mass is 264 g/mol. The number of rotatable bonds is 3. The number of hydrogen-bond donors (Lipinski definition) is 2. The van der Waals surface area contributed by atoms with E-state index in [1.165, 1.54) is 12.1 Å². The van der Waals surface area contributed by atoms with E-state index >= 15 is 0 Å². The minimum atomic E-state index is -0.669. The molecule has 7 heteroatoms. The molecule has 2 rings (SSSR count). The molecule has 0 aromatic heterocycles. The Hall–Kier alpha value is -2.15. The summed E-state index contributed by atoms with van der Waals surface area (Å²) in [6.45, 7) is 1.39. The Balaban J connectivity index is 2.38. The van der Waals surface area contributed by atoms with E-state index in [1.54, 1.807) is 6.07 Å². The Morgan fingerprint density at radius 3 is 2.79 bits per heavy atom. The minimum absolute atomic E-state index is 0.0460. The van der Waals surface area contributed by atoms with Crippen molar-refractivity contribution in [3.63, 3.8) is 0 Å².